The molecule has 1 N–H and O–H groups in total. The van der Waals surface area contributed by atoms with Crippen molar-refractivity contribution in [1.82, 2.24) is 19.5 Å². The van der Waals surface area contributed by atoms with Gasteiger partial charge in [0, 0.05) is 25.3 Å². The van der Waals surface area contributed by atoms with E-state index in [-0.39, 0.29) is 11.5 Å². The van der Waals surface area contributed by atoms with Gasteiger partial charge in [-0.1, -0.05) is 12.1 Å². The number of halogens is 1. The number of imidazole rings is 1. The molecular formula is C17H17FN4O2. The van der Waals surface area contributed by atoms with Crippen molar-refractivity contribution in [3.05, 3.63) is 46.8 Å². The first-order valence-corrected chi connectivity index (χ1v) is 8.00. The van der Waals surface area contributed by atoms with Crippen molar-refractivity contribution in [1.29, 1.82) is 0 Å². The summed E-state index contributed by atoms with van der Waals surface area (Å²) in [5.41, 5.74) is 1.92. The van der Waals surface area contributed by atoms with Gasteiger partial charge in [0.05, 0.1) is 11.9 Å². The van der Waals surface area contributed by atoms with Gasteiger partial charge in [0.1, 0.15) is 5.82 Å². The maximum atomic E-state index is 13.4. The standard InChI is InChI=1S/C17H17FN4O2/c18-13-3-1-2-12(8-13)14-9-19-15-16(20-14)22(17(23)21-15)10-11-4-6-24-7-5-11/h1-3,8-9,11H,4-7,10H2,(H,19,21,23). The highest BCUT2D eigenvalue weighted by Crippen LogP contribution is 2.21. The highest BCUT2D eigenvalue weighted by atomic mass is 19.1. The molecule has 1 aromatic carbocycles. The van der Waals surface area contributed by atoms with E-state index in [0.717, 1.165) is 26.1 Å². The Kier molecular flexibility index (Phi) is 3.86. The Hall–Kier alpha value is -2.54. The summed E-state index contributed by atoms with van der Waals surface area (Å²) in [7, 11) is 0. The van der Waals surface area contributed by atoms with E-state index in [1.54, 1.807) is 22.9 Å². The van der Waals surface area contributed by atoms with Crippen LogP contribution in [0, 0.1) is 11.7 Å². The first-order chi connectivity index (χ1) is 11.7. The van der Waals surface area contributed by atoms with Gasteiger partial charge in [-0.05, 0) is 30.9 Å². The van der Waals surface area contributed by atoms with Gasteiger partial charge in [-0.25, -0.2) is 19.2 Å². The number of ether oxygens (including phenoxy) is 1. The molecule has 0 saturated carbocycles. The molecule has 6 nitrogen and oxygen atoms in total. The molecule has 0 atom stereocenters. The molecule has 124 valence electrons. The minimum Gasteiger partial charge on any atom is -0.381 e. The Morgan fingerprint density at radius 3 is 2.96 bits per heavy atom. The lowest BCUT2D eigenvalue weighted by Gasteiger charge is -2.21. The Bertz CT molecular complexity index is 928. The average Bonchev–Trinajstić information content (AvgIpc) is 2.91. The largest absolute Gasteiger partial charge is 0.381 e. The molecular weight excluding hydrogens is 311 g/mol. The van der Waals surface area contributed by atoms with Crippen LogP contribution in [0.2, 0.25) is 0 Å². The molecule has 1 saturated heterocycles. The van der Waals surface area contributed by atoms with Crippen LogP contribution in [0.3, 0.4) is 0 Å². The molecule has 1 aliphatic heterocycles. The zero-order valence-electron chi connectivity index (χ0n) is 13.0. The number of hydrogen-bond acceptors (Lipinski definition) is 4. The molecule has 0 radical (unpaired) electrons. The van der Waals surface area contributed by atoms with Crippen LogP contribution in [0.1, 0.15) is 12.8 Å². The predicted molar refractivity (Wildman–Crippen MR) is 87.1 cm³/mol. The summed E-state index contributed by atoms with van der Waals surface area (Å²) >= 11 is 0. The fraction of sp³-hybridized carbons (Fsp3) is 0.353. The molecule has 0 unspecified atom stereocenters. The third-order valence-corrected chi connectivity index (χ3v) is 4.38. The predicted octanol–water partition coefficient (Wildman–Crippen LogP) is 2.35. The van der Waals surface area contributed by atoms with Crippen LogP contribution in [0.5, 0.6) is 0 Å². The highest BCUT2D eigenvalue weighted by molar-refractivity contribution is 5.70. The zero-order valence-corrected chi connectivity index (χ0v) is 13.0. The molecule has 1 aliphatic rings. The molecule has 2 aromatic heterocycles. The van der Waals surface area contributed by atoms with E-state index in [0.29, 0.717) is 35.0 Å². The number of aromatic nitrogens is 4. The van der Waals surface area contributed by atoms with Crippen LogP contribution in [-0.2, 0) is 11.3 Å². The molecule has 24 heavy (non-hydrogen) atoms. The molecule has 0 spiro atoms. The van der Waals surface area contributed by atoms with E-state index in [1.165, 1.54) is 12.1 Å². The molecule has 3 aromatic rings. The lowest BCUT2D eigenvalue weighted by atomic mass is 10.0. The molecule has 0 amide bonds. The lowest BCUT2D eigenvalue weighted by molar-refractivity contribution is 0.0613. The quantitative estimate of drug-likeness (QED) is 0.801. The minimum absolute atomic E-state index is 0.215. The molecule has 3 heterocycles. The topological polar surface area (TPSA) is 72.8 Å². The maximum Gasteiger partial charge on any atom is 0.328 e. The monoisotopic (exact) mass is 328 g/mol. The van der Waals surface area contributed by atoms with Crippen molar-refractivity contribution >= 4 is 11.3 Å². The highest BCUT2D eigenvalue weighted by Gasteiger charge is 2.18. The molecule has 0 aliphatic carbocycles. The zero-order chi connectivity index (χ0) is 16.5. The van der Waals surface area contributed by atoms with E-state index in [2.05, 4.69) is 15.0 Å². The molecule has 0 bridgehead atoms. The van der Waals surface area contributed by atoms with E-state index in [9.17, 15) is 9.18 Å². The smallest absolute Gasteiger partial charge is 0.328 e. The number of nitrogens with zero attached hydrogens (tertiary/aromatic N) is 3. The van der Waals surface area contributed by atoms with E-state index in [1.807, 2.05) is 0 Å². The van der Waals surface area contributed by atoms with Crippen molar-refractivity contribution in [2.75, 3.05) is 13.2 Å². The van der Waals surface area contributed by atoms with Gasteiger partial charge in [0.15, 0.2) is 11.3 Å². The van der Waals surface area contributed by atoms with Gasteiger partial charge >= 0.3 is 5.69 Å². The van der Waals surface area contributed by atoms with Crippen LogP contribution in [-0.4, -0.2) is 32.7 Å². The van der Waals surface area contributed by atoms with Crippen LogP contribution >= 0.6 is 0 Å². The number of aromatic amines is 1. The first-order valence-electron chi connectivity index (χ1n) is 8.00. The summed E-state index contributed by atoms with van der Waals surface area (Å²) in [5.74, 6) is 0.0538. The van der Waals surface area contributed by atoms with Gasteiger partial charge in [-0.3, -0.25) is 9.55 Å². The second-order valence-electron chi connectivity index (χ2n) is 6.03. The Morgan fingerprint density at radius 2 is 2.17 bits per heavy atom. The SMILES string of the molecule is O=c1[nH]c2ncc(-c3cccc(F)c3)nc2n1CC1CCOCC1. The molecule has 1 fully saturated rings. The number of H-pyrrole nitrogens is 1. The van der Waals surface area contributed by atoms with E-state index < -0.39 is 0 Å². The molecule has 7 heteroatoms. The average molecular weight is 328 g/mol. The Labute approximate surface area is 137 Å². The van der Waals surface area contributed by atoms with Crippen molar-refractivity contribution in [3.63, 3.8) is 0 Å². The maximum absolute atomic E-state index is 13.4. The summed E-state index contributed by atoms with van der Waals surface area (Å²) in [6.07, 6.45) is 3.40. The second-order valence-corrected chi connectivity index (χ2v) is 6.03. The summed E-state index contributed by atoms with van der Waals surface area (Å²) < 4.78 is 20.4. The fourth-order valence-corrected chi connectivity index (χ4v) is 3.06. The van der Waals surface area contributed by atoms with Gasteiger partial charge in [0.25, 0.3) is 0 Å². The van der Waals surface area contributed by atoms with Crippen molar-refractivity contribution in [2.45, 2.75) is 19.4 Å². The third-order valence-electron chi connectivity index (χ3n) is 4.38. The summed E-state index contributed by atoms with van der Waals surface area (Å²) in [6, 6.07) is 6.19. The normalized spacial score (nSPS) is 15.9. The number of hydrogen-bond donors (Lipinski definition) is 1. The van der Waals surface area contributed by atoms with Crippen LogP contribution in [0.4, 0.5) is 4.39 Å². The summed E-state index contributed by atoms with van der Waals surface area (Å²) in [4.78, 5) is 23.8. The van der Waals surface area contributed by atoms with Crippen LogP contribution < -0.4 is 5.69 Å². The van der Waals surface area contributed by atoms with Crippen molar-refractivity contribution in [3.8, 4) is 11.3 Å². The van der Waals surface area contributed by atoms with Crippen LogP contribution in [0.25, 0.3) is 22.6 Å². The Balaban J connectivity index is 1.75. The Morgan fingerprint density at radius 1 is 1.33 bits per heavy atom. The number of nitrogens with one attached hydrogen (secondary N) is 1. The fourth-order valence-electron chi connectivity index (χ4n) is 3.06. The third kappa shape index (κ3) is 2.82. The summed E-state index contributed by atoms with van der Waals surface area (Å²) in [5, 5.41) is 0. The number of rotatable bonds is 3. The lowest BCUT2D eigenvalue weighted by Crippen LogP contribution is -2.26. The number of benzene rings is 1. The summed E-state index contributed by atoms with van der Waals surface area (Å²) in [6.45, 7) is 2.04. The van der Waals surface area contributed by atoms with E-state index >= 15 is 0 Å². The van der Waals surface area contributed by atoms with Crippen LogP contribution in [0.15, 0.2) is 35.3 Å². The van der Waals surface area contributed by atoms with E-state index in [4.69, 9.17) is 4.74 Å². The first kappa shape index (κ1) is 15.0. The van der Waals surface area contributed by atoms with Gasteiger partial charge in [-0.15, -0.1) is 0 Å². The minimum atomic E-state index is -0.330. The van der Waals surface area contributed by atoms with Gasteiger partial charge < -0.3 is 4.74 Å². The van der Waals surface area contributed by atoms with Crippen molar-refractivity contribution in [2.24, 2.45) is 5.92 Å². The van der Waals surface area contributed by atoms with Gasteiger partial charge in [0.2, 0.25) is 0 Å². The number of fused-ring (bicyclic) bond motifs is 1. The second kappa shape index (κ2) is 6.16. The molecule has 4 rings (SSSR count). The van der Waals surface area contributed by atoms with Gasteiger partial charge in [-0.2, -0.15) is 0 Å². The van der Waals surface area contributed by atoms with Crippen molar-refractivity contribution < 1.29 is 9.13 Å².